The molecule has 0 aliphatic rings. The molecular formula is C13H20O2. The van der Waals surface area contributed by atoms with Gasteiger partial charge in [-0.25, -0.2) is 0 Å². The molecule has 2 nitrogen and oxygen atoms in total. The first kappa shape index (κ1) is 12.1. The van der Waals surface area contributed by atoms with Gasteiger partial charge >= 0.3 is 0 Å². The van der Waals surface area contributed by atoms with Gasteiger partial charge in [0.25, 0.3) is 0 Å². The number of unbranched alkanes of at least 4 members (excludes halogenated alkanes) is 1. The number of aliphatic hydroxyl groups is 1. The minimum absolute atomic E-state index is 0.249. The lowest BCUT2D eigenvalue weighted by molar-refractivity contribution is 0.253. The van der Waals surface area contributed by atoms with Gasteiger partial charge in [0.05, 0.1) is 6.61 Å². The van der Waals surface area contributed by atoms with E-state index in [9.17, 15) is 0 Å². The molecule has 0 heterocycles. The molecule has 0 saturated carbocycles. The van der Waals surface area contributed by atoms with Crippen LogP contribution in [0, 0.1) is 0 Å². The minimum Gasteiger partial charge on any atom is -0.494 e. The fourth-order valence-corrected chi connectivity index (χ4v) is 1.44. The SMILES string of the molecule is CCCc1ccc(OCCCCO)cc1. The van der Waals surface area contributed by atoms with Crippen molar-refractivity contribution in [3.63, 3.8) is 0 Å². The van der Waals surface area contributed by atoms with Gasteiger partial charge in [0, 0.05) is 6.61 Å². The Morgan fingerprint density at radius 3 is 2.47 bits per heavy atom. The highest BCUT2D eigenvalue weighted by Gasteiger charge is 1.94. The molecule has 1 aromatic rings. The molecule has 0 unspecified atom stereocenters. The van der Waals surface area contributed by atoms with E-state index < -0.39 is 0 Å². The molecule has 1 rings (SSSR count). The Morgan fingerprint density at radius 1 is 1.13 bits per heavy atom. The number of ether oxygens (including phenoxy) is 1. The van der Waals surface area contributed by atoms with Crippen LogP contribution in [-0.4, -0.2) is 18.3 Å². The summed E-state index contributed by atoms with van der Waals surface area (Å²) in [4.78, 5) is 0. The number of aryl methyl sites for hydroxylation is 1. The third-order valence-electron chi connectivity index (χ3n) is 2.28. The fraction of sp³-hybridized carbons (Fsp3) is 0.538. The monoisotopic (exact) mass is 208 g/mol. The maximum absolute atomic E-state index is 8.60. The molecule has 0 amide bonds. The van der Waals surface area contributed by atoms with Crippen LogP contribution in [-0.2, 0) is 6.42 Å². The highest BCUT2D eigenvalue weighted by molar-refractivity contribution is 5.27. The van der Waals surface area contributed by atoms with Crippen LogP contribution < -0.4 is 4.74 Å². The molecule has 15 heavy (non-hydrogen) atoms. The zero-order chi connectivity index (χ0) is 10.9. The van der Waals surface area contributed by atoms with E-state index in [-0.39, 0.29) is 6.61 Å². The van der Waals surface area contributed by atoms with Crippen LogP contribution in [0.3, 0.4) is 0 Å². The lowest BCUT2D eigenvalue weighted by Crippen LogP contribution is -1.98. The van der Waals surface area contributed by atoms with Crippen molar-refractivity contribution in [3.05, 3.63) is 29.8 Å². The first-order valence-electron chi connectivity index (χ1n) is 5.69. The second kappa shape index (κ2) is 7.30. The van der Waals surface area contributed by atoms with Gasteiger partial charge in [0.1, 0.15) is 5.75 Å². The van der Waals surface area contributed by atoms with Gasteiger partial charge in [-0.15, -0.1) is 0 Å². The van der Waals surface area contributed by atoms with E-state index in [2.05, 4.69) is 19.1 Å². The lowest BCUT2D eigenvalue weighted by Gasteiger charge is -2.06. The van der Waals surface area contributed by atoms with Crippen LogP contribution in [0.15, 0.2) is 24.3 Å². The van der Waals surface area contributed by atoms with Gasteiger partial charge in [-0.2, -0.15) is 0 Å². The first-order valence-corrected chi connectivity index (χ1v) is 5.69. The summed E-state index contributed by atoms with van der Waals surface area (Å²) in [5, 5.41) is 8.60. The van der Waals surface area contributed by atoms with Crippen molar-refractivity contribution in [2.75, 3.05) is 13.2 Å². The van der Waals surface area contributed by atoms with Crippen molar-refractivity contribution in [2.24, 2.45) is 0 Å². The van der Waals surface area contributed by atoms with Gasteiger partial charge in [0.2, 0.25) is 0 Å². The highest BCUT2D eigenvalue weighted by atomic mass is 16.5. The Bertz CT molecular complexity index is 254. The topological polar surface area (TPSA) is 29.5 Å². The van der Waals surface area contributed by atoms with E-state index in [1.165, 1.54) is 12.0 Å². The summed E-state index contributed by atoms with van der Waals surface area (Å²) in [6.45, 7) is 3.12. The Hall–Kier alpha value is -1.02. The summed E-state index contributed by atoms with van der Waals surface area (Å²) in [6.07, 6.45) is 4.03. The summed E-state index contributed by atoms with van der Waals surface area (Å²) in [6, 6.07) is 8.27. The van der Waals surface area contributed by atoms with Crippen LogP contribution in [0.5, 0.6) is 5.75 Å². The molecule has 2 heteroatoms. The van der Waals surface area contributed by atoms with E-state index in [4.69, 9.17) is 9.84 Å². The average Bonchev–Trinajstić information content (AvgIpc) is 2.27. The molecule has 0 aliphatic heterocycles. The van der Waals surface area contributed by atoms with Crippen molar-refractivity contribution in [3.8, 4) is 5.75 Å². The second-order valence-corrected chi connectivity index (χ2v) is 3.67. The Labute approximate surface area is 91.9 Å². The number of hydrogen-bond donors (Lipinski definition) is 1. The normalized spacial score (nSPS) is 10.3. The summed E-state index contributed by atoms with van der Waals surface area (Å²) in [5.74, 6) is 0.924. The quantitative estimate of drug-likeness (QED) is 0.698. The molecule has 0 spiro atoms. The Morgan fingerprint density at radius 2 is 1.87 bits per heavy atom. The van der Waals surface area contributed by atoms with Crippen molar-refractivity contribution in [1.82, 2.24) is 0 Å². The third kappa shape index (κ3) is 4.84. The van der Waals surface area contributed by atoms with E-state index in [0.717, 1.165) is 25.0 Å². The Balaban J connectivity index is 2.29. The maximum atomic E-state index is 8.60. The first-order chi connectivity index (χ1) is 7.36. The van der Waals surface area contributed by atoms with E-state index in [1.807, 2.05) is 12.1 Å². The predicted molar refractivity (Wildman–Crippen MR) is 62.3 cm³/mol. The summed E-state index contributed by atoms with van der Waals surface area (Å²) >= 11 is 0. The van der Waals surface area contributed by atoms with Crippen LogP contribution >= 0.6 is 0 Å². The van der Waals surface area contributed by atoms with Crippen LogP contribution in [0.4, 0.5) is 0 Å². The van der Waals surface area contributed by atoms with Crippen molar-refractivity contribution >= 4 is 0 Å². The zero-order valence-corrected chi connectivity index (χ0v) is 9.41. The van der Waals surface area contributed by atoms with E-state index >= 15 is 0 Å². The van der Waals surface area contributed by atoms with E-state index in [1.54, 1.807) is 0 Å². The van der Waals surface area contributed by atoms with Crippen molar-refractivity contribution in [1.29, 1.82) is 0 Å². The standard InChI is InChI=1S/C13H20O2/c1-2-5-12-6-8-13(9-7-12)15-11-4-3-10-14/h6-9,14H,2-5,10-11H2,1H3. The number of aliphatic hydroxyl groups excluding tert-OH is 1. The fourth-order valence-electron chi connectivity index (χ4n) is 1.44. The highest BCUT2D eigenvalue weighted by Crippen LogP contribution is 2.13. The predicted octanol–water partition coefficient (Wildman–Crippen LogP) is 2.79. The Kier molecular flexibility index (Phi) is 5.86. The van der Waals surface area contributed by atoms with Crippen LogP contribution in [0.2, 0.25) is 0 Å². The van der Waals surface area contributed by atoms with Gasteiger partial charge in [0.15, 0.2) is 0 Å². The van der Waals surface area contributed by atoms with Crippen molar-refractivity contribution in [2.45, 2.75) is 32.6 Å². The molecular weight excluding hydrogens is 188 g/mol. The molecule has 0 saturated heterocycles. The average molecular weight is 208 g/mol. The number of rotatable bonds is 7. The minimum atomic E-state index is 0.249. The van der Waals surface area contributed by atoms with Crippen molar-refractivity contribution < 1.29 is 9.84 Å². The van der Waals surface area contributed by atoms with Gasteiger partial charge in [-0.3, -0.25) is 0 Å². The molecule has 1 aromatic carbocycles. The smallest absolute Gasteiger partial charge is 0.119 e. The number of benzene rings is 1. The molecule has 1 N–H and O–H groups in total. The molecule has 0 aromatic heterocycles. The molecule has 0 atom stereocenters. The van der Waals surface area contributed by atoms with Gasteiger partial charge in [-0.05, 0) is 37.0 Å². The van der Waals surface area contributed by atoms with Gasteiger partial charge < -0.3 is 9.84 Å². The maximum Gasteiger partial charge on any atom is 0.119 e. The summed E-state index contributed by atoms with van der Waals surface area (Å²) < 4.78 is 5.53. The zero-order valence-electron chi connectivity index (χ0n) is 9.41. The third-order valence-corrected chi connectivity index (χ3v) is 2.28. The molecule has 0 fully saturated rings. The molecule has 0 aliphatic carbocycles. The van der Waals surface area contributed by atoms with Crippen LogP contribution in [0.1, 0.15) is 31.7 Å². The largest absolute Gasteiger partial charge is 0.494 e. The second-order valence-electron chi connectivity index (χ2n) is 3.67. The lowest BCUT2D eigenvalue weighted by atomic mass is 10.1. The summed E-state index contributed by atoms with van der Waals surface area (Å²) in [7, 11) is 0. The summed E-state index contributed by atoms with van der Waals surface area (Å²) in [5.41, 5.74) is 1.36. The van der Waals surface area contributed by atoms with Crippen LogP contribution in [0.25, 0.3) is 0 Å². The number of hydrogen-bond acceptors (Lipinski definition) is 2. The molecule has 0 bridgehead atoms. The van der Waals surface area contributed by atoms with E-state index in [0.29, 0.717) is 6.61 Å². The molecule has 84 valence electrons. The van der Waals surface area contributed by atoms with Gasteiger partial charge in [-0.1, -0.05) is 25.5 Å². The molecule has 0 radical (unpaired) electrons.